The molecule has 1 unspecified atom stereocenters. The lowest BCUT2D eigenvalue weighted by atomic mass is 9.90. The van der Waals surface area contributed by atoms with Gasteiger partial charge in [-0.3, -0.25) is 4.79 Å². The minimum Gasteiger partial charge on any atom is -0.457 e. The summed E-state index contributed by atoms with van der Waals surface area (Å²) in [5.41, 5.74) is -1.52. The van der Waals surface area contributed by atoms with Crippen LogP contribution in [0.15, 0.2) is 0 Å². The maximum Gasteiger partial charge on any atom is 0.410 e. The van der Waals surface area contributed by atoms with E-state index in [9.17, 15) is 9.59 Å². The molecule has 0 bridgehead atoms. The van der Waals surface area contributed by atoms with Gasteiger partial charge in [0.1, 0.15) is 11.2 Å². The van der Waals surface area contributed by atoms with Gasteiger partial charge in [0, 0.05) is 13.0 Å². The normalized spacial score (nSPS) is 21.7. The van der Waals surface area contributed by atoms with E-state index in [0.717, 1.165) is 25.7 Å². The number of rotatable bonds is 7. The number of esters is 1. The zero-order chi connectivity index (χ0) is 18.6. The summed E-state index contributed by atoms with van der Waals surface area (Å²) < 4.78 is 11.6. The van der Waals surface area contributed by atoms with E-state index in [4.69, 9.17) is 9.47 Å². The van der Waals surface area contributed by atoms with Crippen molar-refractivity contribution in [3.8, 4) is 0 Å². The summed E-state index contributed by atoms with van der Waals surface area (Å²) in [6, 6.07) is 0. The Morgan fingerprint density at radius 2 is 1.58 bits per heavy atom. The molecule has 1 atom stereocenters. The molecule has 0 radical (unpaired) electrons. The van der Waals surface area contributed by atoms with Crippen molar-refractivity contribution in [1.82, 2.24) is 4.90 Å². The monoisotopic (exact) mass is 341 g/mol. The second kappa shape index (κ2) is 7.75. The fraction of sp³-hybridized carbons (Fsp3) is 0.895. The number of hydrogen-bond acceptors (Lipinski definition) is 4. The third kappa shape index (κ3) is 4.64. The van der Waals surface area contributed by atoms with Crippen molar-refractivity contribution in [3.05, 3.63) is 0 Å². The summed E-state index contributed by atoms with van der Waals surface area (Å²) in [5.74, 6) is -0.201. The molecule has 1 heterocycles. The summed E-state index contributed by atoms with van der Waals surface area (Å²) >= 11 is 0. The Bertz CT molecular complexity index is 448. The quantitative estimate of drug-likeness (QED) is 0.638. The highest BCUT2D eigenvalue weighted by Gasteiger charge is 2.43. The smallest absolute Gasteiger partial charge is 0.410 e. The minimum atomic E-state index is -0.629. The zero-order valence-electron chi connectivity index (χ0n) is 16.5. The molecule has 0 aromatic rings. The third-order valence-electron chi connectivity index (χ3n) is 5.71. The number of carbonyl (C=O) groups is 2. The average Bonchev–Trinajstić information content (AvgIpc) is 2.94. The lowest BCUT2D eigenvalue weighted by Gasteiger charge is -2.33. The zero-order valence-corrected chi connectivity index (χ0v) is 16.5. The predicted octanol–water partition coefficient (Wildman–Crippen LogP) is 4.54. The van der Waals surface area contributed by atoms with Crippen molar-refractivity contribution in [2.45, 2.75) is 91.8 Å². The highest BCUT2D eigenvalue weighted by atomic mass is 16.6. The molecule has 0 N–H and O–H groups in total. The van der Waals surface area contributed by atoms with Crippen LogP contribution in [0.5, 0.6) is 0 Å². The molecule has 1 rings (SSSR count). The maximum atomic E-state index is 12.5. The second-order valence-corrected chi connectivity index (χ2v) is 7.86. The van der Waals surface area contributed by atoms with Gasteiger partial charge in [0.15, 0.2) is 0 Å². The molecule has 0 aromatic carbocycles. The molecule has 1 saturated heterocycles. The van der Waals surface area contributed by atoms with Gasteiger partial charge in [0.05, 0.1) is 12.0 Å². The molecule has 24 heavy (non-hydrogen) atoms. The average molecular weight is 341 g/mol. The van der Waals surface area contributed by atoms with Crippen molar-refractivity contribution >= 4 is 12.1 Å². The van der Waals surface area contributed by atoms with Crippen LogP contribution in [-0.2, 0) is 14.3 Å². The van der Waals surface area contributed by atoms with E-state index >= 15 is 0 Å². The molecule has 5 heteroatoms. The minimum absolute atomic E-state index is 0.201. The van der Waals surface area contributed by atoms with Gasteiger partial charge in [-0.1, -0.05) is 27.7 Å². The molecular formula is C19H35NO4. The molecule has 0 spiro atoms. The van der Waals surface area contributed by atoms with E-state index < -0.39 is 16.6 Å². The summed E-state index contributed by atoms with van der Waals surface area (Å²) in [5, 5.41) is 0. The van der Waals surface area contributed by atoms with Crippen LogP contribution < -0.4 is 0 Å². The van der Waals surface area contributed by atoms with Crippen LogP contribution >= 0.6 is 0 Å². The lowest BCUT2D eigenvalue weighted by Crippen LogP contribution is -2.43. The number of likely N-dealkylation sites (tertiary alicyclic amines) is 1. The van der Waals surface area contributed by atoms with Gasteiger partial charge in [-0.2, -0.15) is 0 Å². The fourth-order valence-corrected chi connectivity index (χ4v) is 2.90. The Hall–Kier alpha value is -1.26. The highest BCUT2D eigenvalue weighted by molar-refractivity contribution is 5.76. The maximum absolute atomic E-state index is 12.5. The molecule has 1 aliphatic heterocycles. The molecule has 0 aliphatic carbocycles. The molecule has 1 aliphatic rings. The van der Waals surface area contributed by atoms with Crippen LogP contribution in [0.3, 0.4) is 0 Å². The third-order valence-corrected chi connectivity index (χ3v) is 5.71. The number of amides is 1. The number of nitrogens with zero attached hydrogens (tertiary/aromatic N) is 1. The first kappa shape index (κ1) is 20.8. The predicted molar refractivity (Wildman–Crippen MR) is 94.8 cm³/mol. The van der Waals surface area contributed by atoms with Crippen LogP contribution in [0.25, 0.3) is 0 Å². The number of carbonyl (C=O) groups excluding carboxylic acids is 2. The van der Waals surface area contributed by atoms with E-state index in [-0.39, 0.29) is 12.1 Å². The van der Waals surface area contributed by atoms with Crippen LogP contribution in [0.4, 0.5) is 4.79 Å². The molecule has 0 saturated carbocycles. The molecule has 140 valence electrons. The molecule has 5 nitrogen and oxygen atoms in total. The standard InChI is InChI=1S/C19H35NO4/c1-8-17(5,6)15(21)23-18(7)12-13-20(14-18)16(22)24-19(9-2,10-3)11-4/h8-14H2,1-7H3. The van der Waals surface area contributed by atoms with Crippen molar-refractivity contribution in [3.63, 3.8) is 0 Å². The van der Waals surface area contributed by atoms with Gasteiger partial charge < -0.3 is 14.4 Å². The highest BCUT2D eigenvalue weighted by Crippen LogP contribution is 2.32. The number of ether oxygens (including phenoxy) is 2. The molecule has 1 fully saturated rings. The molecule has 1 amide bonds. The van der Waals surface area contributed by atoms with Gasteiger partial charge in [0.25, 0.3) is 0 Å². The number of hydrogen-bond donors (Lipinski definition) is 0. The van der Waals surface area contributed by atoms with E-state index in [2.05, 4.69) is 0 Å². The summed E-state index contributed by atoms with van der Waals surface area (Å²) in [6.07, 6.45) is 3.48. The van der Waals surface area contributed by atoms with E-state index in [1.807, 2.05) is 48.5 Å². The first-order valence-corrected chi connectivity index (χ1v) is 9.28. The summed E-state index contributed by atoms with van der Waals surface area (Å²) in [7, 11) is 0. The Balaban J connectivity index is 2.70. The molecule has 0 aromatic heterocycles. The van der Waals surface area contributed by atoms with Crippen molar-refractivity contribution in [2.75, 3.05) is 13.1 Å². The van der Waals surface area contributed by atoms with E-state index in [1.165, 1.54) is 0 Å². The van der Waals surface area contributed by atoms with Gasteiger partial charge in [0.2, 0.25) is 0 Å². The Kier molecular flexibility index (Phi) is 6.71. The Morgan fingerprint density at radius 1 is 1.04 bits per heavy atom. The van der Waals surface area contributed by atoms with E-state index in [0.29, 0.717) is 19.5 Å². The SMILES string of the molecule is CCC(CC)(CC)OC(=O)N1CCC(C)(OC(=O)C(C)(C)CC)C1. The molecular weight excluding hydrogens is 306 g/mol. The second-order valence-electron chi connectivity index (χ2n) is 7.86. The fourth-order valence-electron chi connectivity index (χ4n) is 2.90. The first-order valence-electron chi connectivity index (χ1n) is 9.28. The van der Waals surface area contributed by atoms with Gasteiger partial charge >= 0.3 is 12.1 Å². The van der Waals surface area contributed by atoms with Gasteiger partial charge in [-0.05, 0) is 46.5 Å². The van der Waals surface area contributed by atoms with E-state index in [1.54, 1.807) is 4.90 Å². The lowest BCUT2D eigenvalue weighted by molar-refractivity contribution is -0.167. The summed E-state index contributed by atoms with van der Waals surface area (Å²) in [4.78, 5) is 26.5. The summed E-state index contributed by atoms with van der Waals surface area (Å²) in [6.45, 7) is 14.7. The Morgan fingerprint density at radius 3 is 2.04 bits per heavy atom. The van der Waals surface area contributed by atoms with Gasteiger partial charge in [-0.25, -0.2) is 4.79 Å². The van der Waals surface area contributed by atoms with Crippen LogP contribution in [0.1, 0.15) is 80.6 Å². The first-order chi connectivity index (χ1) is 11.1. The van der Waals surface area contributed by atoms with Gasteiger partial charge in [-0.15, -0.1) is 0 Å². The van der Waals surface area contributed by atoms with Crippen molar-refractivity contribution in [1.29, 1.82) is 0 Å². The van der Waals surface area contributed by atoms with Crippen LogP contribution in [-0.4, -0.2) is 41.3 Å². The van der Waals surface area contributed by atoms with Crippen LogP contribution in [0.2, 0.25) is 0 Å². The largest absolute Gasteiger partial charge is 0.457 e. The van der Waals surface area contributed by atoms with Crippen molar-refractivity contribution < 1.29 is 19.1 Å². The topological polar surface area (TPSA) is 55.8 Å². The van der Waals surface area contributed by atoms with Crippen LogP contribution in [0, 0.1) is 5.41 Å². The Labute approximate surface area is 147 Å². The van der Waals surface area contributed by atoms with Crippen molar-refractivity contribution in [2.24, 2.45) is 5.41 Å².